The second-order valence-electron chi connectivity index (χ2n) is 5.33. The topological polar surface area (TPSA) is 47.7 Å². The second-order valence-corrected chi connectivity index (χ2v) is 5.33. The van der Waals surface area contributed by atoms with Gasteiger partial charge < -0.3 is 15.2 Å². The number of likely N-dealkylation sites (tertiary alicyclic amines) is 1. The lowest BCUT2D eigenvalue weighted by Gasteiger charge is -2.18. The summed E-state index contributed by atoms with van der Waals surface area (Å²) >= 11 is 0. The predicted molar refractivity (Wildman–Crippen MR) is 69.6 cm³/mol. The molecule has 1 saturated heterocycles. The first kappa shape index (κ1) is 11.8. The van der Waals surface area contributed by atoms with Gasteiger partial charge in [0, 0.05) is 19.1 Å². The molecule has 98 valence electrons. The Hall–Kier alpha value is -1.26. The average molecular weight is 248 g/mol. The van der Waals surface area contributed by atoms with Crippen LogP contribution in [0, 0.1) is 5.92 Å². The molecule has 4 heteroatoms. The van der Waals surface area contributed by atoms with Crippen molar-refractivity contribution in [3.63, 3.8) is 0 Å². The van der Waals surface area contributed by atoms with Crippen molar-refractivity contribution in [1.82, 2.24) is 4.90 Å². The maximum Gasteiger partial charge on any atom is 0.231 e. The number of rotatable bonds is 3. The minimum atomic E-state index is 0.298. The Balaban J connectivity index is 1.63. The number of nitrogens with zero attached hydrogens (tertiary/aromatic N) is 1. The third-order valence-electron chi connectivity index (χ3n) is 3.90. The first-order chi connectivity index (χ1) is 8.72. The molecule has 2 heterocycles. The quantitative estimate of drug-likeness (QED) is 0.882. The highest BCUT2D eigenvalue weighted by Gasteiger charge is 2.25. The molecule has 1 fully saturated rings. The van der Waals surface area contributed by atoms with Gasteiger partial charge in [0.25, 0.3) is 0 Å². The molecular weight excluding hydrogens is 228 g/mol. The van der Waals surface area contributed by atoms with E-state index in [-0.39, 0.29) is 0 Å². The summed E-state index contributed by atoms with van der Waals surface area (Å²) in [6, 6.07) is 6.50. The summed E-state index contributed by atoms with van der Waals surface area (Å²) in [4.78, 5) is 2.46. The third kappa shape index (κ3) is 2.31. The number of hydrogen-bond acceptors (Lipinski definition) is 4. The lowest BCUT2D eigenvalue weighted by atomic mass is 10.0. The summed E-state index contributed by atoms with van der Waals surface area (Å²) in [7, 11) is 0. The van der Waals surface area contributed by atoms with E-state index in [4.69, 9.17) is 15.2 Å². The highest BCUT2D eigenvalue weighted by atomic mass is 16.7. The Bertz CT molecular complexity index is 434. The fourth-order valence-corrected chi connectivity index (χ4v) is 2.73. The number of ether oxygens (including phenoxy) is 2. The smallest absolute Gasteiger partial charge is 0.231 e. The molecule has 0 bridgehead atoms. The zero-order chi connectivity index (χ0) is 12.5. The first-order valence-electron chi connectivity index (χ1n) is 6.59. The largest absolute Gasteiger partial charge is 0.454 e. The van der Waals surface area contributed by atoms with Gasteiger partial charge in [-0.05, 0) is 43.5 Å². The Kier molecular flexibility index (Phi) is 3.14. The van der Waals surface area contributed by atoms with Crippen LogP contribution in [0.15, 0.2) is 18.2 Å². The highest BCUT2D eigenvalue weighted by Crippen LogP contribution is 2.33. The van der Waals surface area contributed by atoms with Gasteiger partial charge in [0.2, 0.25) is 6.79 Å². The highest BCUT2D eigenvalue weighted by molar-refractivity contribution is 5.44. The maximum atomic E-state index is 5.96. The van der Waals surface area contributed by atoms with Gasteiger partial charge in [0.1, 0.15) is 0 Å². The SMILES string of the molecule is CC(N)C1CCN(Cc2ccc3c(c2)OCO3)C1. The molecule has 2 unspecified atom stereocenters. The summed E-state index contributed by atoms with van der Waals surface area (Å²) in [5, 5.41) is 0. The summed E-state index contributed by atoms with van der Waals surface area (Å²) in [6.07, 6.45) is 1.21. The van der Waals surface area contributed by atoms with Crippen LogP contribution in [0.25, 0.3) is 0 Å². The number of fused-ring (bicyclic) bond motifs is 1. The fourth-order valence-electron chi connectivity index (χ4n) is 2.73. The van der Waals surface area contributed by atoms with Crippen LogP contribution in [0.4, 0.5) is 0 Å². The zero-order valence-corrected chi connectivity index (χ0v) is 10.8. The van der Waals surface area contributed by atoms with Gasteiger partial charge in [0.15, 0.2) is 11.5 Å². The van der Waals surface area contributed by atoms with Crippen molar-refractivity contribution in [2.75, 3.05) is 19.9 Å². The average Bonchev–Trinajstić information content (AvgIpc) is 2.96. The molecule has 1 aromatic rings. The van der Waals surface area contributed by atoms with Crippen LogP contribution in [-0.2, 0) is 6.54 Å². The Labute approximate surface area is 108 Å². The first-order valence-corrected chi connectivity index (χ1v) is 6.59. The molecule has 0 aromatic heterocycles. The van der Waals surface area contributed by atoms with E-state index in [1.807, 2.05) is 6.07 Å². The van der Waals surface area contributed by atoms with Crippen LogP contribution in [0.3, 0.4) is 0 Å². The van der Waals surface area contributed by atoms with Gasteiger partial charge in [-0.25, -0.2) is 0 Å². The van der Waals surface area contributed by atoms with Gasteiger partial charge in [-0.2, -0.15) is 0 Å². The van der Waals surface area contributed by atoms with Crippen LogP contribution in [0.1, 0.15) is 18.9 Å². The molecule has 0 spiro atoms. The minimum Gasteiger partial charge on any atom is -0.454 e. The molecule has 0 radical (unpaired) electrons. The summed E-state index contributed by atoms with van der Waals surface area (Å²) in [6.45, 7) is 5.66. The normalized spacial score (nSPS) is 24.4. The van der Waals surface area contributed by atoms with Crippen molar-refractivity contribution in [3.8, 4) is 11.5 Å². The molecule has 1 aromatic carbocycles. The van der Waals surface area contributed by atoms with E-state index in [1.165, 1.54) is 12.0 Å². The van der Waals surface area contributed by atoms with E-state index in [9.17, 15) is 0 Å². The van der Waals surface area contributed by atoms with E-state index >= 15 is 0 Å². The summed E-state index contributed by atoms with van der Waals surface area (Å²) in [5.74, 6) is 2.36. The molecule has 0 saturated carbocycles. The zero-order valence-electron chi connectivity index (χ0n) is 10.8. The second kappa shape index (κ2) is 4.78. The Morgan fingerprint density at radius 3 is 3.00 bits per heavy atom. The molecule has 0 amide bonds. The van der Waals surface area contributed by atoms with Gasteiger partial charge in [-0.1, -0.05) is 6.07 Å². The molecule has 2 atom stereocenters. The maximum absolute atomic E-state index is 5.96. The van der Waals surface area contributed by atoms with Gasteiger partial charge in [0.05, 0.1) is 0 Å². The van der Waals surface area contributed by atoms with Crippen molar-refractivity contribution in [2.24, 2.45) is 11.7 Å². The summed E-state index contributed by atoms with van der Waals surface area (Å²) < 4.78 is 10.7. The van der Waals surface area contributed by atoms with E-state index in [0.717, 1.165) is 31.1 Å². The van der Waals surface area contributed by atoms with E-state index in [0.29, 0.717) is 18.8 Å². The van der Waals surface area contributed by atoms with Gasteiger partial charge >= 0.3 is 0 Å². The van der Waals surface area contributed by atoms with Crippen molar-refractivity contribution in [2.45, 2.75) is 25.9 Å². The molecule has 18 heavy (non-hydrogen) atoms. The van der Waals surface area contributed by atoms with Crippen molar-refractivity contribution in [3.05, 3.63) is 23.8 Å². The molecule has 3 rings (SSSR count). The minimum absolute atomic E-state index is 0.298. The Morgan fingerprint density at radius 1 is 1.39 bits per heavy atom. The predicted octanol–water partition coefficient (Wildman–Crippen LogP) is 1.58. The van der Waals surface area contributed by atoms with E-state index in [1.54, 1.807) is 0 Å². The molecule has 4 nitrogen and oxygen atoms in total. The fraction of sp³-hybridized carbons (Fsp3) is 0.571. The molecule has 2 aliphatic heterocycles. The van der Waals surface area contributed by atoms with Crippen molar-refractivity contribution >= 4 is 0 Å². The van der Waals surface area contributed by atoms with Crippen LogP contribution >= 0.6 is 0 Å². The van der Waals surface area contributed by atoms with Crippen LogP contribution in [-0.4, -0.2) is 30.8 Å². The van der Waals surface area contributed by atoms with Crippen LogP contribution in [0.5, 0.6) is 11.5 Å². The number of nitrogens with two attached hydrogens (primary N) is 1. The van der Waals surface area contributed by atoms with Gasteiger partial charge in [-0.3, -0.25) is 4.90 Å². The van der Waals surface area contributed by atoms with E-state index < -0.39 is 0 Å². The van der Waals surface area contributed by atoms with Gasteiger partial charge in [-0.15, -0.1) is 0 Å². The molecule has 0 aliphatic carbocycles. The van der Waals surface area contributed by atoms with Crippen LogP contribution < -0.4 is 15.2 Å². The monoisotopic (exact) mass is 248 g/mol. The number of hydrogen-bond donors (Lipinski definition) is 1. The lowest BCUT2D eigenvalue weighted by Crippen LogP contribution is -2.29. The summed E-state index contributed by atoms with van der Waals surface area (Å²) in [5.41, 5.74) is 7.25. The van der Waals surface area contributed by atoms with Crippen LogP contribution in [0.2, 0.25) is 0 Å². The van der Waals surface area contributed by atoms with Crippen molar-refractivity contribution in [1.29, 1.82) is 0 Å². The third-order valence-corrected chi connectivity index (χ3v) is 3.90. The lowest BCUT2D eigenvalue weighted by molar-refractivity contribution is 0.174. The standard InChI is InChI=1S/C14H20N2O2/c1-10(15)12-4-5-16(8-12)7-11-2-3-13-14(6-11)18-9-17-13/h2-3,6,10,12H,4-5,7-9,15H2,1H3. The molecule has 2 aliphatic rings. The molecule has 2 N–H and O–H groups in total. The molecular formula is C14H20N2O2. The van der Waals surface area contributed by atoms with Crippen molar-refractivity contribution < 1.29 is 9.47 Å². The Morgan fingerprint density at radius 2 is 2.22 bits per heavy atom. The number of benzene rings is 1. The van der Waals surface area contributed by atoms with E-state index in [2.05, 4.69) is 24.0 Å².